The standard InChI is InChI=1S/C13H11NO2/c15-9-14-10-5-1-3-7-12(10)16-13-8-4-2-6-11(13)14/h1-8,15H,9H2. The Hall–Kier alpha value is -2.00. The van der Waals surface area contributed by atoms with Crippen LogP contribution >= 0.6 is 0 Å². The summed E-state index contributed by atoms with van der Waals surface area (Å²) in [6.45, 7) is -0.0581. The second kappa shape index (κ2) is 3.54. The minimum Gasteiger partial charge on any atom is -0.453 e. The number of benzene rings is 2. The average Bonchev–Trinajstić information content (AvgIpc) is 2.36. The Kier molecular flexibility index (Phi) is 2.04. The summed E-state index contributed by atoms with van der Waals surface area (Å²) >= 11 is 0. The van der Waals surface area contributed by atoms with Crippen molar-refractivity contribution in [2.45, 2.75) is 0 Å². The van der Waals surface area contributed by atoms with Crippen LogP contribution in [0.25, 0.3) is 0 Å². The number of aliphatic hydroxyl groups is 1. The van der Waals surface area contributed by atoms with Gasteiger partial charge in [0.05, 0.1) is 11.4 Å². The van der Waals surface area contributed by atoms with Crippen LogP contribution in [0.4, 0.5) is 11.4 Å². The van der Waals surface area contributed by atoms with E-state index in [1.165, 1.54) is 0 Å². The monoisotopic (exact) mass is 213 g/mol. The molecular weight excluding hydrogens is 202 g/mol. The summed E-state index contributed by atoms with van der Waals surface area (Å²) in [5, 5.41) is 9.45. The Labute approximate surface area is 93.5 Å². The van der Waals surface area contributed by atoms with Crippen molar-refractivity contribution in [3.63, 3.8) is 0 Å². The molecule has 0 fully saturated rings. The first-order chi connectivity index (χ1) is 7.90. The summed E-state index contributed by atoms with van der Waals surface area (Å²) in [4.78, 5) is 1.83. The zero-order valence-corrected chi connectivity index (χ0v) is 8.63. The average molecular weight is 213 g/mol. The third-order valence-corrected chi connectivity index (χ3v) is 2.67. The maximum absolute atomic E-state index is 9.45. The summed E-state index contributed by atoms with van der Waals surface area (Å²) in [6, 6.07) is 15.4. The third kappa shape index (κ3) is 1.26. The molecule has 3 nitrogen and oxygen atoms in total. The molecular formula is C13H11NO2. The summed E-state index contributed by atoms with van der Waals surface area (Å²) in [6.07, 6.45) is 0. The summed E-state index contributed by atoms with van der Waals surface area (Å²) in [5.41, 5.74) is 1.78. The van der Waals surface area contributed by atoms with Crippen LogP contribution in [0.15, 0.2) is 48.5 Å². The van der Waals surface area contributed by atoms with Crippen LogP contribution in [0.2, 0.25) is 0 Å². The van der Waals surface area contributed by atoms with E-state index >= 15 is 0 Å². The van der Waals surface area contributed by atoms with E-state index in [4.69, 9.17) is 4.74 Å². The molecule has 1 aliphatic rings. The van der Waals surface area contributed by atoms with Crippen LogP contribution in [0.1, 0.15) is 0 Å². The highest BCUT2D eigenvalue weighted by Crippen LogP contribution is 2.45. The van der Waals surface area contributed by atoms with Crippen molar-refractivity contribution in [2.24, 2.45) is 0 Å². The zero-order valence-electron chi connectivity index (χ0n) is 8.63. The van der Waals surface area contributed by atoms with Crippen molar-refractivity contribution in [1.29, 1.82) is 0 Å². The van der Waals surface area contributed by atoms with E-state index in [0.717, 1.165) is 22.9 Å². The molecule has 16 heavy (non-hydrogen) atoms. The van der Waals surface area contributed by atoms with Gasteiger partial charge in [0.2, 0.25) is 0 Å². The number of anilines is 2. The number of hydrogen-bond donors (Lipinski definition) is 1. The molecule has 0 atom stereocenters. The van der Waals surface area contributed by atoms with Gasteiger partial charge in [-0.1, -0.05) is 24.3 Å². The fourth-order valence-corrected chi connectivity index (χ4v) is 1.93. The first-order valence-electron chi connectivity index (χ1n) is 5.14. The van der Waals surface area contributed by atoms with Crippen molar-refractivity contribution in [2.75, 3.05) is 11.6 Å². The van der Waals surface area contributed by atoms with Gasteiger partial charge in [-0.25, -0.2) is 0 Å². The zero-order chi connectivity index (χ0) is 11.0. The second-order valence-electron chi connectivity index (χ2n) is 3.61. The topological polar surface area (TPSA) is 32.7 Å². The van der Waals surface area contributed by atoms with Crippen LogP contribution in [-0.2, 0) is 0 Å². The van der Waals surface area contributed by atoms with Crippen LogP contribution < -0.4 is 9.64 Å². The molecule has 0 saturated heterocycles. The van der Waals surface area contributed by atoms with E-state index in [2.05, 4.69) is 0 Å². The highest BCUT2D eigenvalue weighted by Gasteiger charge is 2.22. The molecule has 3 heteroatoms. The van der Waals surface area contributed by atoms with Gasteiger partial charge >= 0.3 is 0 Å². The number of ether oxygens (including phenoxy) is 1. The predicted molar refractivity (Wildman–Crippen MR) is 62.2 cm³/mol. The van der Waals surface area contributed by atoms with Gasteiger partial charge in [0, 0.05) is 0 Å². The summed E-state index contributed by atoms with van der Waals surface area (Å²) in [7, 11) is 0. The van der Waals surface area contributed by atoms with Gasteiger partial charge in [0.25, 0.3) is 0 Å². The van der Waals surface area contributed by atoms with Gasteiger partial charge < -0.3 is 14.7 Å². The van der Waals surface area contributed by atoms with Crippen LogP contribution in [0, 0.1) is 0 Å². The molecule has 3 rings (SSSR count). The van der Waals surface area contributed by atoms with Gasteiger partial charge in [-0.3, -0.25) is 0 Å². The molecule has 1 heterocycles. The third-order valence-electron chi connectivity index (χ3n) is 2.67. The largest absolute Gasteiger partial charge is 0.453 e. The van der Waals surface area contributed by atoms with Gasteiger partial charge in [0.1, 0.15) is 6.73 Å². The van der Waals surface area contributed by atoms with Crippen molar-refractivity contribution >= 4 is 11.4 Å². The summed E-state index contributed by atoms with van der Waals surface area (Å²) in [5.74, 6) is 1.55. The van der Waals surface area contributed by atoms with Gasteiger partial charge in [-0.05, 0) is 24.3 Å². The normalized spacial score (nSPS) is 12.7. The highest BCUT2D eigenvalue weighted by molar-refractivity contribution is 5.77. The number of aliphatic hydroxyl groups excluding tert-OH is 1. The number of rotatable bonds is 1. The number of fused-ring (bicyclic) bond motifs is 2. The summed E-state index contributed by atoms with van der Waals surface area (Å²) < 4.78 is 5.76. The van der Waals surface area contributed by atoms with Crippen LogP contribution in [-0.4, -0.2) is 11.8 Å². The quantitative estimate of drug-likeness (QED) is 0.790. The SMILES string of the molecule is OCN1c2ccccc2Oc2ccccc21. The highest BCUT2D eigenvalue weighted by atomic mass is 16.5. The number of nitrogens with zero attached hydrogens (tertiary/aromatic N) is 1. The Morgan fingerprint density at radius 2 is 1.38 bits per heavy atom. The molecule has 2 aromatic carbocycles. The Morgan fingerprint density at radius 3 is 1.88 bits per heavy atom. The molecule has 0 saturated carbocycles. The van der Waals surface area contributed by atoms with Crippen LogP contribution in [0.3, 0.4) is 0 Å². The molecule has 0 spiro atoms. The smallest absolute Gasteiger partial charge is 0.151 e. The van der Waals surface area contributed by atoms with E-state index in [9.17, 15) is 5.11 Å². The van der Waals surface area contributed by atoms with E-state index in [-0.39, 0.29) is 6.73 Å². The molecule has 0 radical (unpaired) electrons. The Balaban J connectivity index is 2.19. The van der Waals surface area contributed by atoms with Crippen molar-refractivity contribution in [1.82, 2.24) is 0 Å². The lowest BCUT2D eigenvalue weighted by Crippen LogP contribution is -2.21. The minimum atomic E-state index is -0.0581. The lowest BCUT2D eigenvalue weighted by Gasteiger charge is -2.30. The van der Waals surface area contributed by atoms with Crippen molar-refractivity contribution in [3.05, 3.63) is 48.5 Å². The fourth-order valence-electron chi connectivity index (χ4n) is 1.93. The van der Waals surface area contributed by atoms with Crippen LogP contribution in [0.5, 0.6) is 11.5 Å². The molecule has 80 valence electrons. The second-order valence-corrected chi connectivity index (χ2v) is 3.61. The van der Waals surface area contributed by atoms with E-state index in [1.54, 1.807) is 0 Å². The first-order valence-corrected chi connectivity index (χ1v) is 5.14. The predicted octanol–water partition coefficient (Wildman–Crippen LogP) is 2.88. The molecule has 0 bridgehead atoms. The van der Waals surface area contributed by atoms with E-state index in [1.807, 2.05) is 53.4 Å². The lowest BCUT2D eigenvalue weighted by atomic mass is 10.2. The molecule has 0 aliphatic carbocycles. The molecule has 0 unspecified atom stereocenters. The van der Waals surface area contributed by atoms with E-state index < -0.39 is 0 Å². The Bertz CT molecular complexity index is 479. The maximum Gasteiger partial charge on any atom is 0.151 e. The van der Waals surface area contributed by atoms with Gasteiger partial charge in [-0.2, -0.15) is 0 Å². The molecule has 1 aliphatic heterocycles. The van der Waals surface area contributed by atoms with Gasteiger partial charge in [0.15, 0.2) is 11.5 Å². The number of para-hydroxylation sites is 4. The first kappa shape index (κ1) is 9.24. The molecule has 2 aromatic rings. The Morgan fingerprint density at radius 1 is 0.875 bits per heavy atom. The lowest BCUT2D eigenvalue weighted by molar-refractivity contribution is 0.300. The van der Waals surface area contributed by atoms with Crippen molar-refractivity contribution in [3.8, 4) is 11.5 Å². The van der Waals surface area contributed by atoms with Gasteiger partial charge in [-0.15, -0.1) is 0 Å². The maximum atomic E-state index is 9.45. The van der Waals surface area contributed by atoms with E-state index in [0.29, 0.717) is 0 Å². The molecule has 1 N–H and O–H groups in total. The minimum absolute atomic E-state index is 0.0581. The molecule has 0 amide bonds. The fraction of sp³-hybridized carbons (Fsp3) is 0.0769. The number of hydrogen-bond acceptors (Lipinski definition) is 3. The van der Waals surface area contributed by atoms with Crippen molar-refractivity contribution < 1.29 is 9.84 Å². The molecule has 0 aromatic heterocycles.